The Morgan fingerprint density at radius 3 is 2.45 bits per heavy atom. The molecule has 0 aliphatic heterocycles. The zero-order chi connectivity index (χ0) is 24.0. The van der Waals surface area contributed by atoms with Crippen molar-refractivity contribution in [3.8, 4) is 0 Å². The molecule has 0 aliphatic carbocycles. The van der Waals surface area contributed by atoms with Crippen LogP contribution in [0.4, 0.5) is 4.39 Å². The number of amides is 1. The monoisotopic (exact) mass is 489 g/mol. The quantitative estimate of drug-likeness (QED) is 0.408. The van der Waals surface area contributed by atoms with Crippen LogP contribution in [-0.2, 0) is 21.3 Å². The van der Waals surface area contributed by atoms with Gasteiger partial charge in [-0.2, -0.15) is 9.30 Å². The van der Waals surface area contributed by atoms with Crippen LogP contribution >= 0.6 is 11.3 Å². The lowest BCUT2D eigenvalue weighted by Gasteiger charge is -2.19. The van der Waals surface area contributed by atoms with Gasteiger partial charge in [0.25, 0.3) is 5.91 Å². The summed E-state index contributed by atoms with van der Waals surface area (Å²) >= 11 is 1.19. The Kier molecular flexibility index (Phi) is 8.09. The van der Waals surface area contributed by atoms with Crippen LogP contribution in [0.1, 0.15) is 10.4 Å². The molecule has 3 rings (SSSR count). The maximum atomic E-state index is 14.4. The molecule has 7 nitrogen and oxygen atoms in total. The number of benzene rings is 2. The van der Waals surface area contributed by atoms with Gasteiger partial charge in [0.05, 0.1) is 21.7 Å². The van der Waals surface area contributed by atoms with E-state index in [9.17, 15) is 17.6 Å². The molecule has 0 fully saturated rings. The largest absolute Gasteiger partial charge is 0.383 e. The van der Waals surface area contributed by atoms with E-state index in [0.717, 1.165) is 0 Å². The number of hydrogen-bond donors (Lipinski definition) is 0. The van der Waals surface area contributed by atoms with Gasteiger partial charge in [0.2, 0.25) is 10.0 Å². The molecule has 3 aromatic rings. The minimum atomic E-state index is -3.77. The van der Waals surface area contributed by atoms with E-state index < -0.39 is 21.7 Å². The van der Waals surface area contributed by atoms with Crippen LogP contribution in [0, 0.1) is 5.82 Å². The summed E-state index contributed by atoms with van der Waals surface area (Å²) in [7, 11) is -2.24. The summed E-state index contributed by atoms with van der Waals surface area (Å²) in [6.07, 6.45) is 2.98. The summed E-state index contributed by atoms with van der Waals surface area (Å²) in [4.78, 5) is 17.4. The average molecular weight is 490 g/mol. The molecule has 0 aliphatic rings. The first kappa shape index (κ1) is 24.7. The number of carbonyl (C=O) groups is 1. The highest BCUT2D eigenvalue weighted by Gasteiger charge is 2.22. The van der Waals surface area contributed by atoms with Crippen LogP contribution in [0.5, 0.6) is 0 Å². The third kappa shape index (κ3) is 5.36. The van der Waals surface area contributed by atoms with Gasteiger partial charge < -0.3 is 9.30 Å². The van der Waals surface area contributed by atoms with E-state index in [0.29, 0.717) is 28.2 Å². The lowest BCUT2D eigenvalue weighted by Crippen LogP contribution is -2.31. The number of halogens is 1. The molecule has 0 radical (unpaired) electrons. The van der Waals surface area contributed by atoms with Gasteiger partial charge in [-0.05, 0) is 36.4 Å². The Hall–Kier alpha value is -2.92. The zero-order valence-corrected chi connectivity index (χ0v) is 19.7. The smallest absolute Gasteiger partial charge is 0.279 e. The number of ether oxygens (including phenoxy) is 1. The minimum Gasteiger partial charge on any atom is -0.383 e. The molecule has 10 heteroatoms. The Balaban J connectivity index is 1.97. The predicted molar refractivity (Wildman–Crippen MR) is 127 cm³/mol. The molecule has 0 bridgehead atoms. The molecule has 1 amide bonds. The third-order valence-corrected chi connectivity index (χ3v) is 7.66. The number of methoxy groups -OCH3 is 1. The van der Waals surface area contributed by atoms with E-state index in [4.69, 9.17) is 4.74 Å². The molecule has 0 spiro atoms. The van der Waals surface area contributed by atoms with Crippen molar-refractivity contribution in [2.45, 2.75) is 11.4 Å². The van der Waals surface area contributed by atoms with Crippen LogP contribution in [0.15, 0.2) is 77.7 Å². The molecule has 0 atom stereocenters. The molecule has 1 aromatic heterocycles. The number of thiazole rings is 1. The summed E-state index contributed by atoms with van der Waals surface area (Å²) in [5, 5.41) is 0. The number of fused-ring (bicyclic) bond motifs is 1. The van der Waals surface area contributed by atoms with E-state index in [1.54, 1.807) is 16.7 Å². The molecule has 2 aromatic carbocycles. The summed E-state index contributed by atoms with van der Waals surface area (Å²) in [5.74, 6) is -0.974. The van der Waals surface area contributed by atoms with Gasteiger partial charge in [-0.1, -0.05) is 29.6 Å². The second kappa shape index (κ2) is 10.8. The van der Waals surface area contributed by atoms with Crippen molar-refractivity contribution >= 4 is 37.5 Å². The van der Waals surface area contributed by atoms with Gasteiger partial charge in [-0.25, -0.2) is 12.8 Å². The maximum Gasteiger partial charge on any atom is 0.279 e. The lowest BCUT2D eigenvalue weighted by atomic mass is 10.2. The molecule has 0 saturated carbocycles. The van der Waals surface area contributed by atoms with Crippen LogP contribution in [0.3, 0.4) is 0 Å². The van der Waals surface area contributed by atoms with Crippen LogP contribution in [-0.4, -0.2) is 50.0 Å². The van der Waals surface area contributed by atoms with Crippen molar-refractivity contribution in [2.75, 3.05) is 26.8 Å². The van der Waals surface area contributed by atoms with Gasteiger partial charge in [-0.3, -0.25) is 4.79 Å². The van der Waals surface area contributed by atoms with Gasteiger partial charge in [0, 0.05) is 32.3 Å². The van der Waals surface area contributed by atoms with E-state index >= 15 is 0 Å². The third-order valence-electron chi connectivity index (χ3n) is 4.77. The number of carbonyl (C=O) groups excluding carboxylic acids is 1. The number of aromatic nitrogens is 1. The first-order valence-corrected chi connectivity index (χ1v) is 12.3. The van der Waals surface area contributed by atoms with E-state index in [1.807, 2.05) is 0 Å². The van der Waals surface area contributed by atoms with Gasteiger partial charge in [0.1, 0.15) is 5.82 Å². The van der Waals surface area contributed by atoms with Crippen molar-refractivity contribution in [2.24, 2.45) is 4.99 Å². The van der Waals surface area contributed by atoms with E-state index in [1.165, 1.54) is 65.2 Å². The second-order valence-corrected chi connectivity index (χ2v) is 9.90. The maximum absolute atomic E-state index is 14.4. The summed E-state index contributed by atoms with van der Waals surface area (Å²) < 4.78 is 48.7. The van der Waals surface area contributed by atoms with Crippen molar-refractivity contribution in [1.82, 2.24) is 8.87 Å². The fraction of sp³-hybridized carbons (Fsp3) is 0.217. The highest BCUT2D eigenvalue weighted by atomic mass is 32.2. The van der Waals surface area contributed by atoms with Gasteiger partial charge in [-0.15, -0.1) is 13.2 Å². The second-order valence-electron chi connectivity index (χ2n) is 6.96. The number of rotatable bonds is 10. The molecule has 33 heavy (non-hydrogen) atoms. The Morgan fingerprint density at radius 1 is 1.18 bits per heavy atom. The fourth-order valence-electron chi connectivity index (χ4n) is 3.19. The Bertz CT molecular complexity index is 1330. The first-order valence-electron chi connectivity index (χ1n) is 10.0. The molecule has 0 saturated heterocycles. The van der Waals surface area contributed by atoms with Gasteiger partial charge >= 0.3 is 0 Å². The molecule has 0 unspecified atom stereocenters. The van der Waals surface area contributed by atoms with Crippen LogP contribution in [0.2, 0.25) is 0 Å². The molecular formula is C23H24FN3O4S2. The highest BCUT2D eigenvalue weighted by Crippen LogP contribution is 2.21. The number of hydrogen-bond acceptors (Lipinski definition) is 5. The highest BCUT2D eigenvalue weighted by molar-refractivity contribution is 7.89. The molecule has 0 N–H and O–H groups in total. The summed E-state index contributed by atoms with van der Waals surface area (Å²) in [5.41, 5.74) is 0.571. The van der Waals surface area contributed by atoms with Crippen molar-refractivity contribution < 1.29 is 22.3 Å². The normalized spacial score (nSPS) is 12.4. The molecular weight excluding hydrogens is 465 g/mol. The average Bonchev–Trinajstić information content (AvgIpc) is 3.15. The lowest BCUT2D eigenvalue weighted by molar-refractivity contribution is 0.0997. The minimum absolute atomic E-state index is 0.0434. The Labute approximate surface area is 195 Å². The zero-order valence-electron chi connectivity index (χ0n) is 18.1. The van der Waals surface area contributed by atoms with Crippen LogP contribution in [0.25, 0.3) is 10.2 Å². The van der Waals surface area contributed by atoms with Gasteiger partial charge in [0.15, 0.2) is 4.80 Å². The standard InChI is InChI=1S/C23H24FN3O4S2/c1-4-13-26(14-5-2)33(29,30)18-11-9-17(10-12-18)22(28)25-23-27(15-16-31-3)21-19(24)7-6-8-20(21)32-23/h4-12H,1-2,13-16H2,3H3. The topological polar surface area (TPSA) is 81.0 Å². The van der Waals surface area contributed by atoms with E-state index in [-0.39, 0.29) is 23.5 Å². The molecule has 1 heterocycles. The summed E-state index contributed by atoms with van der Waals surface area (Å²) in [6, 6.07) is 10.3. The predicted octanol–water partition coefficient (Wildman–Crippen LogP) is 3.59. The number of para-hydroxylation sites is 1. The van der Waals surface area contributed by atoms with E-state index in [2.05, 4.69) is 18.2 Å². The van der Waals surface area contributed by atoms with Crippen molar-refractivity contribution in [3.63, 3.8) is 0 Å². The first-order chi connectivity index (χ1) is 15.8. The number of sulfonamides is 1. The molecule has 174 valence electrons. The van der Waals surface area contributed by atoms with Crippen molar-refractivity contribution in [1.29, 1.82) is 0 Å². The van der Waals surface area contributed by atoms with Crippen LogP contribution < -0.4 is 4.80 Å². The fourth-order valence-corrected chi connectivity index (χ4v) is 5.64. The Morgan fingerprint density at radius 2 is 1.85 bits per heavy atom. The SMILES string of the molecule is C=CCN(CC=C)S(=O)(=O)c1ccc(C(=O)N=c2sc3cccc(F)c3n2CCOC)cc1. The van der Waals surface area contributed by atoms with Crippen molar-refractivity contribution in [3.05, 3.63) is 84.0 Å². The summed E-state index contributed by atoms with van der Waals surface area (Å²) in [6.45, 7) is 8.08. The number of nitrogens with zero attached hydrogens (tertiary/aromatic N) is 3.